The summed E-state index contributed by atoms with van der Waals surface area (Å²) in [5.41, 5.74) is 0. The zero-order valence-electron chi connectivity index (χ0n) is 9.65. The summed E-state index contributed by atoms with van der Waals surface area (Å²) in [4.78, 5) is 21.3. The van der Waals surface area contributed by atoms with Crippen molar-refractivity contribution in [2.24, 2.45) is 5.92 Å². The molecule has 0 heterocycles. The van der Waals surface area contributed by atoms with Crippen LogP contribution < -0.4 is 5.32 Å². The Morgan fingerprint density at radius 2 is 2.31 bits per heavy atom. The molecule has 1 amide bonds. The van der Waals surface area contributed by atoms with Crippen molar-refractivity contribution in [1.82, 2.24) is 5.32 Å². The molecule has 90 valence electrons. The number of allylic oxidation sites excluding steroid dienone is 1. The van der Waals surface area contributed by atoms with Crippen molar-refractivity contribution >= 4 is 12.4 Å². The molecule has 1 aliphatic carbocycles. The van der Waals surface area contributed by atoms with Crippen LogP contribution in [0.1, 0.15) is 32.6 Å². The molecule has 1 rings (SSSR count). The monoisotopic (exact) mass is 225 g/mol. The van der Waals surface area contributed by atoms with Gasteiger partial charge in [0.25, 0.3) is 0 Å². The summed E-state index contributed by atoms with van der Waals surface area (Å²) in [6.45, 7) is 2.16. The van der Waals surface area contributed by atoms with Crippen LogP contribution in [0.3, 0.4) is 0 Å². The van der Waals surface area contributed by atoms with E-state index in [2.05, 4.69) is 18.3 Å². The second kappa shape index (κ2) is 7.04. The highest BCUT2D eigenvalue weighted by Crippen LogP contribution is 2.19. The first-order valence-corrected chi connectivity index (χ1v) is 5.75. The molecule has 0 saturated carbocycles. The Kier molecular flexibility index (Phi) is 5.61. The molecule has 0 aromatic rings. The minimum Gasteiger partial charge on any atom is -0.457 e. The Morgan fingerprint density at radius 1 is 1.50 bits per heavy atom. The van der Waals surface area contributed by atoms with Gasteiger partial charge in [-0.1, -0.05) is 13.0 Å². The molecule has 0 fully saturated rings. The van der Waals surface area contributed by atoms with E-state index >= 15 is 0 Å². The highest BCUT2D eigenvalue weighted by Gasteiger charge is 2.14. The summed E-state index contributed by atoms with van der Waals surface area (Å²) in [5, 5.41) is 2.30. The van der Waals surface area contributed by atoms with Gasteiger partial charge in [0.1, 0.15) is 12.6 Å². The van der Waals surface area contributed by atoms with Crippen molar-refractivity contribution in [3.05, 3.63) is 12.2 Å². The number of hydrogen-bond acceptors (Lipinski definition) is 3. The first kappa shape index (κ1) is 12.7. The van der Waals surface area contributed by atoms with E-state index in [1.165, 1.54) is 6.42 Å². The SMILES string of the molecule is CC1CC/C=C/C(OC(=O)CNC=O)CC1. The van der Waals surface area contributed by atoms with Gasteiger partial charge < -0.3 is 10.1 Å². The van der Waals surface area contributed by atoms with Crippen molar-refractivity contribution in [2.75, 3.05) is 6.54 Å². The largest absolute Gasteiger partial charge is 0.457 e. The maximum absolute atomic E-state index is 11.3. The van der Waals surface area contributed by atoms with E-state index in [0.29, 0.717) is 12.3 Å². The van der Waals surface area contributed by atoms with Gasteiger partial charge in [0.15, 0.2) is 0 Å². The number of hydrogen-bond donors (Lipinski definition) is 1. The predicted octanol–water partition coefficient (Wildman–Crippen LogP) is 1.41. The molecule has 0 aromatic heterocycles. The van der Waals surface area contributed by atoms with Gasteiger partial charge in [0.05, 0.1) is 0 Å². The zero-order valence-corrected chi connectivity index (χ0v) is 9.65. The fourth-order valence-corrected chi connectivity index (χ4v) is 1.75. The lowest BCUT2D eigenvalue weighted by Crippen LogP contribution is -2.27. The van der Waals surface area contributed by atoms with Crippen molar-refractivity contribution < 1.29 is 14.3 Å². The normalized spacial score (nSPS) is 27.3. The molecular weight excluding hydrogens is 206 g/mol. The molecule has 0 spiro atoms. The zero-order chi connectivity index (χ0) is 11.8. The van der Waals surface area contributed by atoms with Crippen LogP contribution in [0.5, 0.6) is 0 Å². The summed E-state index contributed by atoms with van der Waals surface area (Å²) >= 11 is 0. The fourth-order valence-electron chi connectivity index (χ4n) is 1.75. The third-order valence-electron chi connectivity index (χ3n) is 2.73. The molecule has 2 atom stereocenters. The lowest BCUT2D eigenvalue weighted by Gasteiger charge is -2.19. The third kappa shape index (κ3) is 4.96. The van der Waals surface area contributed by atoms with Crippen LogP contribution in [-0.2, 0) is 14.3 Å². The van der Waals surface area contributed by atoms with E-state index < -0.39 is 0 Å². The summed E-state index contributed by atoms with van der Waals surface area (Å²) in [7, 11) is 0. The van der Waals surface area contributed by atoms with Crippen molar-refractivity contribution in [2.45, 2.75) is 38.7 Å². The standard InChI is InChI=1S/C12H19NO3/c1-10-4-2-3-5-11(7-6-10)16-12(15)8-13-9-14/h3,5,9-11H,2,4,6-8H2,1H3,(H,13,14)/b5-3+. The number of nitrogens with one attached hydrogen (secondary N) is 1. The van der Waals surface area contributed by atoms with E-state index in [-0.39, 0.29) is 18.6 Å². The van der Waals surface area contributed by atoms with Crippen LogP contribution in [-0.4, -0.2) is 25.0 Å². The fraction of sp³-hybridized carbons (Fsp3) is 0.667. The van der Waals surface area contributed by atoms with E-state index in [9.17, 15) is 9.59 Å². The van der Waals surface area contributed by atoms with E-state index in [1.807, 2.05) is 6.08 Å². The maximum atomic E-state index is 11.3. The lowest BCUT2D eigenvalue weighted by molar-refractivity contribution is -0.146. The second-order valence-corrected chi connectivity index (χ2v) is 4.22. The van der Waals surface area contributed by atoms with Crippen molar-refractivity contribution in [1.29, 1.82) is 0 Å². The first-order valence-electron chi connectivity index (χ1n) is 5.75. The third-order valence-corrected chi connectivity index (χ3v) is 2.73. The van der Waals surface area contributed by atoms with E-state index in [1.54, 1.807) is 0 Å². The number of amides is 1. The number of ether oxygens (including phenoxy) is 1. The van der Waals surface area contributed by atoms with Gasteiger partial charge in [-0.3, -0.25) is 9.59 Å². The minimum absolute atomic E-state index is 0.0522. The van der Waals surface area contributed by atoms with Crippen molar-refractivity contribution in [3.8, 4) is 0 Å². The van der Waals surface area contributed by atoms with Crippen LogP contribution in [0.2, 0.25) is 0 Å². The van der Waals surface area contributed by atoms with Gasteiger partial charge in [-0.25, -0.2) is 0 Å². The molecule has 4 nitrogen and oxygen atoms in total. The average molecular weight is 225 g/mol. The second-order valence-electron chi connectivity index (χ2n) is 4.22. The summed E-state index contributed by atoms with van der Waals surface area (Å²) in [6.07, 6.45) is 8.56. The maximum Gasteiger partial charge on any atom is 0.325 e. The van der Waals surface area contributed by atoms with Crippen LogP contribution >= 0.6 is 0 Å². The van der Waals surface area contributed by atoms with Crippen molar-refractivity contribution in [3.63, 3.8) is 0 Å². The Balaban J connectivity index is 2.36. The topological polar surface area (TPSA) is 55.4 Å². The predicted molar refractivity (Wildman–Crippen MR) is 60.7 cm³/mol. The molecule has 0 saturated heterocycles. The van der Waals surface area contributed by atoms with Crippen LogP contribution in [0, 0.1) is 5.92 Å². The van der Waals surface area contributed by atoms with Crippen LogP contribution in [0.15, 0.2) is 12.2 Å². The molecule has 0 aliphatic heterocycles. The smallest absolute Gasteiger partial charge is 0.325 e. The van der Waals surface area contributed by atoms with Gasteiger partial charge >= 0.3 is 5.97 Å². The highest BCUT2D eigenvalue weighted by atomic mass is 16.5. The molecule has 4 heteroatoms. The van der Waals surface area contributed by atoms with Gasteiger partial charge in [-0.15, -0.1) is 0 Å². The molecule has 0 aromatic carbocycles. The van der Waals surface area contributed by atoms with Gasteiger partial charge in [0, 0.05) is 0 Å². The summed E-state index contributed by atoms with van der Waals surface area (Å²) in [6, 6.07) is 0. The quantitative estimate of drug-likeness (QED) is 0.447. The Morgan fingerprint density at radius 3 is 3.06 bits per heavy atom. The van der Waals surface area contributed by atoms with E-state index in [4.69, 9.17) is 4.74 Å². The summed E-state index contributed by atoms with van der Waals surface area (Å²) < 4.78 is 5.23. The molecule has 0 radical (unpaired) electrons. The molecule has 2 unspecified atom stereocenters. The molecule has 0 bridgehead atoms. The van der Waals surface area contributed by atoms with E-state index in [0.717, 1.165) is 19.3 Å². The molecule has 16 heavy (non-hydrogen) atoms. The Labute approximate surface area is 96.0 Å². The summed E-state index contributed by atoms with van der Waals surface area (Å²) in [5.74, 6) is 0.300. The Bertz CT molecular complexity index is 263. The minimum atomic E-state index is -0.380. The highest BCUT2D eigenvalue weighted by molar-refractivity contribution is 5.74. The van der Waals surface area contributed by atoms with Gasteiger partial charge in [-0.05, 0) is 37.7 Å². The number of rotatable bonds is 4. The number of carbonyl (C=O) groups is 2. The van der Waals surface area contributed by atoms with Gasteiger partial charge in [0.2, 0.25) is 6.41 Å². The number of carbonyl (C=O) groups excluding carboxylic acids is 2. The molecule has 1 aliphatic rings. The average Bonchev–Trinajstić information content (AvgIpc) is 2.25. The van der Waals surface area contributed by atoms with Crippen LogP contribution in [0.4, 0.5) is 0 Å². The molecular formula is C12H19NO3. The first-order chi connectivity index (χ1) is 7.72. The molecule has 1 N–H and O–H groups in total. The number of esters is 1. The Hall–Kier alpha value is -1.32. The van der Waals surface area contributed by atoms with Crippen LogP contribution in [0.25, 0.3) is 0 Å². The van der Waals surface area contributed by atoms with Gasteiger partial charge in [-0.2, -0.15) is 0 Å². The lowest BCUT2D eigenvalue weighted by atomic mass is 9.95.